The summed E-state index contributed by atoms with van der Waals surface area (Å²) < 4.78 is 1.63. The van der Waals surface area contributed by atoms with E-state index in [0.29, 0.717) is 0 Å². The van der Waals surface area contributed by atoms with Gasteiger partial charge in [-0.05, 0) is 6.07 Å². The molecule has 0 fully saturated rings. The molecule has 0 aromatic carbocycles. The lowest BCUT2D eigenvalue weighted by atomic mass is 10.4. The van der Waals surface area contributed by atoms with E-state index in [1.165, 1.54) is 0 Å². The number of hydrogen-bond donors (Lipinski definition) is 2. The number of rotatable bonds is 4. The van der Waals surface area contributed by atoms with Crippen molar-refractivity contribution in [3.63, 3.8) is 0 Å². The molecule has 1 heterocycles. The maximum atomic E-state index is 11.2. The molecule has 3 amide bonds. The van der Waals surface area contributed by atoms with Gasteiger partial charge in [0.2, 0.25) is 5.91 Å². The van der Waals surface area contributed by atoms with Gasteiger partial charge in [-0.3, -0.25) is 14.8 Å². The molecule has 1 rings (SSSR count). The number of alkyl halides is 1. The minimum atomic E-state index is -0.541. The Morgan fingerprint density at radius 3 is 2.88 bits per heavy atom. The van der Waals surface area contributed by atoms with Crippen LogP contribution in [0.25, 0.3) is 0 Å². The van der Waals surface area contributed by atoms with E-state index in [0.717, 1.165) is 5.69 Å². The monoisotopic (exact) mass is 244 g/mol. The molecule has 0 aliphatic heterocycles. The van der Waals surface area contributed by atoms with Crippen LogP contribution in [0.3, 0.4) is 0 Å². The maximum absolute atomic E-state index is 11.2. The molecule has 6 nitrogen and oxygen atoms in total. The Kier molecular flexibility index (Phi) is 4.78. The molecule has 0 radical (unpaired) electrons. The van der Waals surface area contributed by atoms with Crippen LogP contribution in [0.1, 0.15) is 12.1 Å². The van der Waals surface area contributed by atoms with Crippen LogP contribution in [0.15, 0.2) is 12.3 Å². The number of nitrogens with one attached hydrogen (secondary N) is 2. The first-order chi connectivity index (χ1) is 7.61. The van der Waals surface area contributed by atoms with Crippen molar-refractivity contribution in [2.24, 2.45) is 7.05 Å². The first-order valence-corrected chi connectivity index (χ1v) is 5.27. The number of hydrogen-bond acceptors (Lipinski definition) is 3. The summed E-state index contributed by atoms with van der Waals surface area (Å²) in [5, 5.41) is 8.73. The number of aromatic nitrogens is 2. The van der Waals surface area contributed by atoms with Gasteiger partial charge in [-0.1, -0.05) is 0 Å². The summed E-state index contributed by atoms with van der Waals surface area (Å²) in [4.78, 5) is 22.2. The van der Waals surface area contributed by atoms with Gasteiger partial charge in [0, 0.05) is 25.5 Å². The molecule has 0 spiro atoms. The van der Waals surface area contributed by atoms with Crippen molar-refractivity contribution in [2.45, 2.75) is 13.0 Å². The van der Waals surface area contributed by atoms with Crippen LogP contribution < -0.4 is 10.6 Å². The number of imide groups is 1. The topological polar surface area (TPSA) is 76.0 Å². The second kappa shape index (κ2) is 6.12. The second-order valence-corrected chi connectivity index (χ2v) is 3.53. The van der Waals surface area contributed by atoms with E-state index < -0.39 is 11.9 Å². The predicted octanol–water partition coefficient (Wildman–Crippen LogP) is 0.375. The molecular weight excluding hydrogens is 232 g/mol. The highest BCUT2D eigenvalue weighted by Crippen LogP contribution is 1.92. The van der Waals surface area contributed by atoms with Gasteiger partial charge in [0.1, 0.15) is 0 Å². The number of carbonyl (C=O) groups excluding carboxylic acids is 2. The van der Waals surface area contributed by atoms with Crippen LogP contribution in [0.4, 0.5) is 4.79 Å². The quantitative estimate of drug-likeness (QED) is 0.752. The highest BCUT2D eigenvalue weighted by atomic mass is 35.5. The first-order valence-electron chi connectivity index (χ1n) is 4.74. The third kappa shape index (κ3) is 4.31. The van der Waals surface area contributed by atoms with E-state index in [-0.39, 0.29) is 18.8 Å². The smallest absolute Gasteiger partial charge is 0.321 e. The lowest BCUT2D eigenvalue weighted by molar-refractivity contribution is -0.119. The average Bonchev–Trinajstić information content (AvgIpc) is 2.61. The standard InChI is InChI=1S/C9H13ClN4O2/c1-14-5-3-7(13-14)6-11-9(16)12-8(15)2-4-10/h3,5H,2,4,6H2,1H3,(H2,11,12,15,16). The number of aryl methyl sites for hydroxylation is 1. The van der Waals surface area contributed by atoms with Crippen molar-refractivity contribution < 1.29 is 9.59 Å². The van der Waals surface area contributed by atoms with E-state index in [2.05, 4.69) is 15.7 Å². The van der Waals surface area contributed by atoms with Crippen LogP contribution in [0, 0.1) is 0 Å². The van der Waals surface area contributed by atoms with Crippen LogP contribution in [0.2, 0.25) is 0 Å². The molecule has 0 saturated heterocycles. The van der Waals surface area contributed by atoms with Crippen molar-refractivity contribution >= 4 is 23.5 Å². The fourth-order valence-electron chi connectivity index (χ4n) is 1.05. The zero-order valence-corrected chi connectivity index (χ0v) is 9.62. The number of urea groups is 1. The Morgan fingerprint density at radius 2 is 2.31 bits per heavy atom. The Morgan fingerprint density at radius 1 is 1.56 bits per heavy atom. The van der Waals surface area contributed by atoms with Crippen molar-refractivity contribution in [2.75, 3.05) is 5.88 Å². The minimum absolute atomic E-state index is 0.124. The van der Waals surface area contributed by atoms with E-state index in [1.54, 1.807) is 24.0 Å². The van der Waals surface area contributed by atoms with Gasteiger partial charge >= 0.3 is 6.03 Å². The number of carbonyl (C=O) groups is 2. The molecule has 2 N–H and O–H groups in total. The van der Waals surface area contributed by atoms with Crippen LogP contribution >= 0.6 is 11.6 Å². The molecule has 7 heteroatoms. The maximum Gasteiger partial charge on any atom is 0.321 e. The fourth-order valence-corrected chi connectivity index (χ4v) is 1.22. The summed E-state index contributed by atoms with van der Waals surface area (Å²) in [6.07, 6.45) is 1.89. The molecule has 0 aliphatic carbocycles. The molecule has 1 aromatic heterocycles. The van der Waals surface area contributed by atoms with E-state index in [1.807, 2.05) is 0 Å². The van der Waals surface area contributed by atoms with Crippen molar-refractivity contribution in [1.82, 2.24) is 20.4 Å². The summed E-state index contributed by atoms with van der Waals surface area (Å²) >= 11 is 5.35. The van der Waals surface area contributed by atoms with Crippen LogP contribution in [0.5, 0.6) is 0 Å². The van der Waals surface area contributed by atoms with Gasteiger partial charge in [-0.2, -0.15) is 5.10 Å². The highest BCUT2D eigenvalue weighted by Gasteiger charge is 2.06. The molecule has 16 heavy (non-hydrogen) atoms. The van der Waals surface area contributed by atoms with Gasteiger partial charge in [0.15, 0.2) is 0 Å². The predicted molar refractivity (Wildman–Crippen MR) is 58.9 cm³/mol. The van der Waals surface area contributed by atoms with E-state index in [9.17, 15) is 9.59 Å². The Balaban J connectivity index is 2.27. The Hall–Kier alpha value is -1.56. The van der Waals surface area contributed by atoms with Gasteiger partial charge in [0.25, 0.3) is 0 Å². The largest absolute Gasteiger partial charge is 0.332 e. The molecular formula is C9H13ClN4O2. The lowest BCUT2D eigenvalue weighted by Crippen LogP contribution is -2.39. The number of amides is 3. The second-order valence-electron chi connectivity index (χ2n) is 3.15. The summed E-state index contributed by atoms with van der Waals surface area (Å²) in [5.41, 5.74) is 0.724. The summed E-state index contributed by atoms with van der Waals surface area (Å²) in [5.74, 6) is -0.201. The van der Waals surface area contributed by atoms with Crippen molar-refractivity contribution in [3.8, 4) is 0 Å². The summed E-state index contributed by atoms with van der Waals surface area (Å²) in [6, 6.07) is 1.24. The molecule has 1 aromatic rings. The van der Waals surface area contributed by atoms with Gasteiger partial charge in [0.05, 0.1) is 12.2 Å². The Bertz CT molecular complexity index is 377. The molecule has 0 saturated carbocycles. The average molecular weight is 245 g/mol. The zero-order chi connectivity index (χ0) is 12.0. The molecule has 0 atom stereocenters. The zero-order valence-electron chi connectivity index (χ0n) is 8.86. The lowest BCUT2D eigenvalue weighted by Gasteiger charge is -2.03. The highest BCUT2D eigenvalue weighted by molar-refractivity contribution is 6.19. The molecule has 0 bridgehead atoms. The fraction of sp³-hybridized carbons (Fsp3) is 0.444. The third-order valence-corrected chi connectivity index (χ3v) is 1.96. The SMILES string of the molecule is Cn1ccc(CNC(=O)NC(=O)CCCl)n1. The van der Waals surface area contributed by atoms with Crippen molar-refractivity contribution in [3.05, 3.63) is 18.0 Å². The number of nitrogens with zero attached hydrogens (tertiary/aromatic N) is 2. The Labute approximate surface area is 98.0 Å². The van der Waals surface area contributed by atoms with Crippen molar-refractivity contribution in [1.29, 1.82) is 0 Å². The van der Waals surface area contributed by atoms with Crippen LogP contribution in [-0.2, 0) is 18.4 Å². The summed E-state index contributed by atoms with van der Waals surface area (Å²) in [7, 11) is 1.79. The van der Waals surface area contributed by atoms with E-state index in [4.69, 9.17) is 11.6 Å². The third-order valence-electron chi connectivity index (χ3n) is 1.77. The summed E-state index contributed by atoms with van der Waals surface area (Å²) in [6.45, 7) is 0.279. The molecule has 88 valence electrons. The van der Waals surface area contributed by atoms with Gasteiger partial charge < -0.3 is 5.32 Å². The molecule has 0 aliphatic rings. The van der Waals surface area contributed by atoms with Crippen LogP contribution in [-0.4, -0.2) is 27.6 Å². The minimum Gasteiger partial charge on any atom is -0.332 e. The normalized spacial score (nSPS) is 9.88. The molecule has 0 unspecified atom stereocenters. The number of halogens is 1. The van der Waals surface area contributed by atoms with Gasteiger partial charge in [-0.15, -0.1) is 11.6 Å². The first kappa shape index (κ1) is 12.5. The van der Waals surface area contributed by atoms with Gasteiger partial charge in [-0.25, -0.2) is 4.79 Å². The van der Waals surface area contributed by atoms with E-state index >= 15 is 0 Å².